The minimum Gasteiger partial charge on any atom is -0.392 e. The van der Waals surface area contributed by atoms with Crippen LogP contribution in [0, 0.1) is 5.41 Å². The lowest BCUT2D eigenvalue weighted by molar-refractivity contribution is -0.0226. The van der Waals surface area contributed by atoms with Crippen molar-refractivity contribution in [1.82, 2.24) is 0 Å². The molecule has 0 amide bonds. The summed E-state index contributed by atoms with van der Waals surface area (Å²) in [7, 11) is 0. The van der Waals surface area contributed by atoms with Crippen LogP contribution in [0.1, 0.15) is 82.1 Å². The van der Waals surface area contributed by atoms with Gasteiger partial charge in [-0.1, -0.05) is 151 Å². The zero-order valence-corrected chi connectivity index (χ0v) is 28.2. The van der Waals surface area contributed by atoms with Crippen molar-refractivity contribution in [1.29, 1.82) is 0 Å². The fraction of sp³-hybridized carbons (Fsp3) is 0.400. The summed E-state index contributed by atoms with van der Waals surface area (Å²) < 4.78 is 0. The molecule has 1 aliphatic carbocycles. The van der Waals surface area contributed by atoms with Crippen molar-refractivity contribution in [2.24, 2.45) is 5.41 Å². The van der Waals surface area contributed by atoms with Crippen LogP contribution in [0.25, 0.3) is 0 Å². The van der Waals surface area contributed by atoms with Crippen molar-refractivity contribution in [3.8, 4) is 0 Å². The number of rotatable bonds is 13. The second-order valence-corrected chi connectivity index (χ2v) is 12.8. The second kappa shape index (κ2) is 18.4. The van der Waals surface area contributed by atoms with Crippen LogP contribution >= 0.6 is 0 Å². The van der Waals surface area contributed by atoms with Gasteiger partial charge in [-0.3, -0.25) is 0 Å². The van der Waals surface area contributed by atoms with E-state index in [2.05, 4.69) is 96.2 Å². The molecular formula is C40H56O3. The van der Waals surface area contributed by atoms with Crippen molar-refractivity contribution in [2.75, 3.05) is 0 Å². The fourth-order valence-corrected chi connectivity index (χ4v) is 4.38. The first-order valence-corrected chi connectivity index (χ1v) is 15.3. The van der Waals surface area contributed by atoms with E-state index in [9.17, 15) is 15.3 Å². The van der Waals surface area contributed by atoms with E-state index < -0.39 is 11.7 Å². The Morgan fingerprint density at radius 1 is 0.721 bits per heavy atom. The van der Waals surface area contributed by atoms with E-state index in [1.54, 1.807) is 19.9 Å². The third kappa shape index (κ3) is 15.2. The Hall–Kier alpha value is -3.24. The molecule has 1 aliphatic rings. The molecule has 0 aliphatic heterocycles. The summed E-state index contributed by atoms with van der Waals surface area (Å²) in [5, 5.41) is 30.1. The van der Waals surface area contributed by atoms with Gasteiger partial charge in [-0.05, 0) is 73.8 Å². The molecule has 3 nitrogen and oxygen atoms in total. The number of aliphatic hydroxyl groups is 3. The normalized spacial score (nSPS) is 21.3. The lowest BCUT2D eigenvalue weighted by atomic mass is 9.70. The van der Waals surface area contributed by atoms with Crippen LogP contribution < -0.4 is 0 Å². The second-order valence-electron chi connectivity index (χ2n) is 12.8. The number of hydrogen-bond donors (Lipinski definition) is 3. The van der Waals surface area contributed by atoms with Gasteiger partial charge in [0.15, 0.2) is 0 Å². The Labute approximate surface area is 262 Å². The van der Waals surface area contributed by atoms with Gasteiger partial charge in [0.2, 0.25) is 0 Å². The summed E-state index contributed by atoms with van der Waals surface area (Å²) in [5.41, 5.74) is 6.86. The molecule has 0 aromatic carbocycles. The summed E-state index contributed by atoms with van der Waals surface area (Å²) in [5.74, 6) is 0. The summed E-state index contributed by atoms with van der Waals surface area (Å²) in [6, 6.07) is 0. The van der Waals surface area contributed by atoms with Crippen molar-refractivity contribution in [3.63, 3.8) is 0 Å². The van der Waals surface area contributed by atoms with Crippen molar-refractivity contribution < 1.29 is 15.3 Å². The highest BCUT2D eigenvalue weighted by Gasteiger charge is 2.34. The highest BCUT2D eigenvalue weighted by molar-refractivity contribution is 5.38. The average molecular weight is 585 g/mol. The largest absolute Gasteiger partial charge is 0.392 e. The summed E-state index contributed by atoms with van der Waals surface area (Å²) in [4.78, 5) is 0. The van der Waals surface area contributed by atoms with Crippen LogP contribution in [0.5, 0.6) is 0 Å². The van der Waals surface area contributed by atoms with Gasteiger partial charge in [0.1, 0.15) is 6.10 Å². The summed E-state index contributed by atoms with van der Waals surface area (Å²) in [6.07, 6.45) is 35.0. The van der Waals surface area contributed by atoms with E-state index in [0.717, 1.165) is 29.6 Å². The lowest BCUT2D eigenvalue weighted by Crippen LogP contribution is -2.34. The third-order valence-electron chi connectivity index (χ3n) is 7.54. The zero-order chi connectivity index (χ0) is 32.6. The quantitative estimate of drug-likeness (QED) is 0.189. The Kier molecular flexibility index (Phi) is 16.2. The Morgan fingerprint density at radius 3 is 1.56 bits per heavy atom. The highest BCUT2D eigenvalue weighted by atomic mass is 16.3. The van der Waals surface area contributed by atoms with Crippen LogP contribution in [0.3, 0.4) is 0 Å². The molecule has 0 bridgehead atoms. The minimum absolute atomic E-state index is 0.210. The first-order chi connectivity index (χ1) is 20.0. The number of hydrogen-bond acceptors (Lipinski definition) is 3. The third-order valence-corrected chi connectivity index (χ3v) is 7.54. The number of aliphatic hydroxyl groups excluding tert-OH is 2. The SMILES string of the molecule is CC(C=CC=C(C)C=CC(O)C(C)(C)O)=CC=CC(C)=C/C=C/C=C(C)/C=C/C=C(C)/C=C/C1=C(C)CCC(O)C1(C)C. The van der Waals surface area contributed by atoms with Gasteiger partial charge in [0, 0.05) is 5.41 Å². The molecule has 0 aromatic rings. The van der Waals surface area contributed by atoms with Gasteiger partial charge in [-0.15, -0.1) is 0 Å². The van der Waals surface area contributed by atoms with E-state index in [0.29, 0.717) is 0 Å². The maximum Gasteiger partial charge on any atom is 0.101 e. The molecular weight excluding hydrogens is 528 g/mol. The van der Waals surface area contributed by atoms with E-state index in [1.807, 2.05) is 56.4 Å². The topological polar surface area (TPSA) is 60.7 Å². The van der Waals surface area contributed by atoms with Gasteiger partial charge in [0.05, 0.1) is 11.7 Å². The molecule has 43 heavy (non-hydrogen) atoms. The standard InChI is InChI=1S/C40H56O3/c1-30(18-13-20-32(3)21-15-23-34(5)25-28-38(42)40(9,10)43)16-11-12-17-31(2)19-14-22-33(4)24-27-36-35(6)26-29-37(41)39(36,7)8/h11-25,27-28,37-38,41-43H,26,29H2,1-10H3/b12-11+,18-13?,19-14+,21-15?,27-24+,28-25?,30-16?,31-17+,32-20?,33-22+,34-23?. The Bertz CT molecular complexity index is 1290. The van der Waals surface area contributed by atoms with Crippen LogP contribution in [0.15, 0.2) is 142 Å². The number of allylic oxidation sites excluding steroid dienone is 22. The molecule has 0 fully saturated rings. The Morgan fingerprint density at radius 2 is 1.12 bits per heavy atom. The van der Waals surface area contributed by atoms with Crippen molar-refractivity contribution in [3.05, 3.63) is 142 Å². The molecule has 0 saturated carbocycles. The van der Waals surface area contributed by atoms with Crippen LogP contribution in [-0.4, -0.2) is 33.1 Å². The van der Waals surface area contributed by atoms with Crippen molar-refractivity contribution >= 4 is 0 Å². The van der Waals surface area contributed by atoms with Crippen molar-refractivity contribution in [2.45, 2.75) is 99.9 Å². The molecule has 2 atom stereocenters. The summed E-state index contributed by atoms with van der Waals surface area (Å²) in [6.45, 7) is 19.9. The molecule has 0 radical (unpaired) electrons. The van der Waals surface area contributed by atoms with E-state index in [1.165, 1.54) is 22.3 Å². The molecule has 3 N–H and O–H groups in total. The maximum atomic E-state index is 10.4. The monoisotopic (exact) mass is 584 g/mol. The maximum absolute atomic E-state index is 10.4. The average Bonchev–Trinajstić information content (AvgIpc) is 2.91. The lowest BCUT2D eigenvalue weighted by Gasteiger charge is -2.37. The molecule has 0 heterocycles. The highest BCUT2D eigenvalue weighted by Crippen LogP contribution is 2.41. The van der Waals surface area contributed by atoms with Gasteiger partial charge in [-0.25, -0.2) is 0 Å². The van der Waals surface area contributed by atoms with E-state index in [-0.39, 0.29) is 11.5 Å². The molecule has 0 aromatic heterocycles. The fourth-order valence-electron chi connectivity index (χ4n) is 4.38. The van der Waals surface area contributed by atoms with Crippen LogP contribution in [-0.2, 0) is 0 Å². The smallest absolute Gasteiger partial charge is 0.101 e. The molecule has 234 valence electrons. The van der Waals surface area contributed by atoms with Crippen LogP contribution in [0.2, 0.25) is 0 Å². The first-order valence-electron chi connectivity index (χ1n) is 15.3. The predicted molar refractivity (Wildman–Crippen MR) is 188 cm³/mol. The first kappa shape index (κ1) is 37.8. The Balaban J connectivity index is 2.64. The van der Waals surface area contributed by atoms with Gasteiger partial charge in [-0.2, -0.15) is 0 Å². The van der Waals surface area contributed by atoms with Crippen LogP contribution in [0.4, 0.5) is 0 Å². The molecule has 3 heteroatoms. The van der Waals surface area contributed by atoms with Gasteiger partial charge < -0.3 is 15.3 Å². The molecule has 0 saturated heterocycles. The zero-order valence-electron chi connectivity index (χ0n) is 28.2. The molecule has 2 unspecified atom stereocenters. The van der Waals surface area contributed by atoms with Gasteiger partial charge in [0.25, 0.3) is 0 Å². The minimum atomic E-state index is -1.15. The predicted octanol–water partition coefficient (Wildman–Crippen LogP) is 9.68. The summed E-state index contributed by atoms with van der Waals surface area (Å²) >= 11 is 0. The van der Waals surface area contributed by atoms with E-state index in [4.69, 9.17) is 0 Å². The molecule has 0 spiro atoms. The van der Waals surface area contributed by atoms with Gasteiger partial charge >= 0.3 is 0 Å². The molecule has 1 rings (SSSR count). The van der Waals surface area contributed by atoms with E-state index >= 15 is 0 Å².